The fourth-order valence-electron chi connectivity index (χ4n) is 3.09. The number of nitro groups is 1. The van der Waals surface area contributed by atoms with Crippen molar-refractivity contribution in [3.8, 4) is 17.1 Å². The molecule has 0 atom stereocenters. The molecule has 0 aliphatic heterocycles. The Morgan fingerprint density at radius 1 is 1.06 bits per heavy atom. The van der Waals surface area contributed by atoms with Gasteiger partial charge in [0, 0.05) is 23.4 Å². The molecule has 0 saturated heterocycles. The van der Waals surface area contributed by atoms with Crippen molar-refractivity contribution in [2.75, 3.05) is 5.75 Å². The normalized spacial score (nSPS) is 11.0. The van der Waals surface area contributed by atoms with E-state index in [0.29, 0.717) is 16.5 Å². The first kappa shape index (κ1) is 22.9. The van der Waals surface area contributed by atoms with Crippen LogP contribution in [0.5, 0.6) is 0 Å². The van der Waals surface area contributed by atoms with Crippen LogP contribution in [0.3, 0.4) is 0 Å². The molecule has 3 aromatic carbocycles. The van der Waals surface area contributed by atoms with E-state index in [0.717, 1.165) is 16.8 Å². The monoisotopic (exact) mass is 472 g/mol. The van der Waals surface area contributed by atoms with Gasteiger partial charge in [-0.2, -0.15) is 5.10 Å². The van der Waals surface area contributed by atoms with Gasteiger partial charge in [-0.3, -0.25) is 19.5 Å². The highest BCUT2D eigenvalue weighted by Gasteiger charge is 2.17. The molecule has 1 N–H and O–H groups in total. The topological polar surface area (TPSA) is 115 Å². The molecule has 0 fully saturated rings. The van der Waals surface area contributed by atoms with Gasteiger partial charge in [0.15, 0.2) is 11.0 Å². The number of carbonyl (C=O) groups excluding carboxylic acids is 1. The predicted molar refractivity (Wildman–Crippen MR) is 131 cm³/mol. The van der Waals surface area contributed by atoms with E-state index >= 15 is 0 Å². The van der Waals surface area contributed by atoms with Gasteiger partial charge < -0.3 is 0 Å². The van der Waals surface area contributed by atoms with Gasteiger partial charge in [0.1, 0.15) is 0 Å². The Morgan fingerprint density at radius 2 is 1.76 bits per heavy atom. The largest absolute Gasteiger partial charge is 0.272 e. The summed E-state index contributed by atoms with van der Waals surface area (Å²) in [6, 6.07) is 23.6. The number of nitro benzene ring substituents is 1. The molecule has 1 aromatic heterocycles. The molecular formula is C24H20N6O3S. The van der Waals surface area contributed by atoms with E-state index < -0.39 is 4.92 Å². The third-order valence-electron chi connectivity index (χ3n) is 4.80. The van der Waals surface area contributed by atoms with E-state index in [1.807, 2.05) is 66.1 Å². The molecule has 1 amide bonds. The van der Waals surface area contributed by atoms with E-state index in [4.69, 9.17) is 0 Å². The minimum atomic E-state index is -0.474. The van der Waals surface area contributed by atoms with E-state index in [2.05, 4.69) is 20.7 Å². The Hall–Kier alpha value is -4.31. The molecule has 0 aliphatic rings. The van der Waals surface area contributed by atoms with E-state index in [1.54, 1.807) is 12.1 Å². The lowest BCUT2D eigenvalue weighted by Gasteiger charge is -2.10. The Morgan fingerprint density at radius 3 is 2.44 bits per heavy atom. The maximum absolute atomic E-state index is 12.3. The number of hydrogen-bond donors (Lipinski definition) is 1. The number of benzene rings is 3. The van der Waals surface area contributed by atoms with Crippen molar-refractivity contribution in [3.63, 3.8) is 0 Å². The second-order valence-electron chi connectivity index (χ2n) is 7.27. The molecule has 4 aromatic rings. The van der Waals surface area contributed by atoms with Gasteiger partial charge in [-0.15, -0.1) is 10.2 Å². The number of hydrazone groups is 1. The minimum absolute atomic E-state index is 0.00915. The van der Waals surface area contributed by atoms with Gasteiger partial charge in [-0.05, 0) is 36.8 Å². The van der Waals surface area contributed by atoms with Crippen LogP contribution in [0.4, 0.5) is 5.69 Å². The first-order valence-electron chi connectivity index (χ1n) is 10.3. The molecule has 0 radical (unpaired) electrons. The summed E-state index contributed by atoms with van der Waals surface area (Å²) in [5.41, 5.74) is 6.04. The number of para-hydroxylation sites is 1. The summed E-state index contributed by atoms with van der Waals surface area (Å²) >= 11 is 1.25. The van der Waals surface area contributed by atoms with Gasteiger partial charge >= 0.3 is 0 Å². The average Bonchev–Trinajstić information content (AvgIpc) is 3.28. The zero-order valence-electron chi connectivity index (χ0n) is 18.2. The summed E-state index contributed by atoms with van der Waals surface area (Å²) in [5, 5.41) is 23.9. The Labute approximate surface area is 199 Å². The molecule has 0 bridgehead atoms. The van der Waals surface area contributed by atoms with Crippen LogP contribution in [-0.2, 0) is 4.79 Å². The number of non-ortho nitro benzene ring substituents is 1. The molecule has 34 heavy (non-hydrogen) atoms. The Balaban J connectivity index is 1.45. The summed E-state index contributed by atoms with van der Waals surface area (Å²) in [4.78, 5) is 22.6. The SMILES string of the molecule is Cc1ccc(-c2nnc(SCC(=O)N/N=C/c3ccc([N+](=O)[O-])cc3)n2-c2ccccc2)cc1. The van der Waals surface area contributed by atoms with Gasteiger partial charge in [0.25, 0.3) is 11.6 Å². The van der Waals surface area contributed by atoms with Crippen LogP contribution < -0.4 is 5.43 Å². The standard InChI is InChI=1S/C24H20N6O3S/c1-17-7-11-19(12-8-17)23-27-28-24(29(23)20-5-3-2-4-6-20)34-16-22(31)26-25-15-18-9-13-21(14-10-18)30(32)33/h2-15H,16H2,1H3,(H,26,31)/b25-15+. The van der Waals surface area contributed by atoms with Crippen LogP contribution >= 0.6 is 11.8 Å². The van der Waals surface area contributed by atoms with E-state index in [9.17, 15) is 14.9 Å². The highest BCUT2D eigenvalue weighted by atomic mass is 32.2. The number of hydrogen-bond acceptors (Lipinski definition) is 7. The lowest BCUT2D eigenvalue weighted by Crippen LogP contribution is -2.20. The third-order valence-corrected chi connectivity index (χ3v) is 5.73. The smallest absolute Gasteiger partial charge is 0.269 e. The van der Waals surface area contributed by atoms with Crippen LogP contribution in [0, 0.1) is 17.0 Å². The number of aryl methyl sites for hydroxylation is 1. The quantitative estimate of drug-likeness (QED) is 0.176. The number of carbonyl (C=O) groups is 1. The second-order valence-corrected chi connectivity index (χ2v) is 8.22. The summed E-state index contributed by atoms with van der Waals surface area (Å²) < 4.78 is 1.92. The first-order valence-corrected chi connectivity index (χ1v) is 11.3. The van der Waals surface area contributed by atoms with Crippen LogP contribution in [0.1, 0.15) is 11.1 Å². The Bertz CT molecular complexity index is 1320. The number of nitrogens with zero attached hydrogens (tertiary/aromatic N) is 5. The van der Waals surface area contributed by atoms with Crippen molar-refractivity contribution in [1.29, 1.82) is 0 Å². The number of thioether (sulfide) groups is 1. The maximum Gasteiger partial charge on any atom is 0.269 e. The summed E-state index contributed by atoms with van der Waals surface area (Å²) in [5.74, 6) is 0.448. The highest BCUT2D eigenvalue weighted by molar-refractivity contribution is 7.99. The zero-order valence-corrected chi connectivity index (χ0v) is 19.0. The van der Waals surface area contributed by atoms with Crippen molar-refractivity contribution in [2.45, 2.75) is 12.1 Å². The van der Waals surface area contributed by atoms with E-state index in [-0.39, 0.29) is 17.3 Å². The van der Waals surface area contributed by atoms with E-state index in [1.165, 1.54) is 30.1 Å². The molecule has 10 heteroatoms. The summed E-state index contributed by atoms with van der Waals surface area (Å²) in [6.07, 6.45) is 1.42. The second kappa shape index (κ2) is 10.5. The zero-order chi connectivity index (χ0) is 23.9. The van der Waals surface area contributed by atoms with Crippen LogP contribution in [0.2, 0.25) is 0 Å². The lowest BCUT2D eigenvalue weighted by molar-refractivity contribution is -0.384. The fraction of sp³-hybridized carbons (Fsp3) is 0.0833. The van der Waals surface area contributed by atoms with Gasteiger partial charge in [-0.25, -0.2) is 5.43 Å². The molecule has 0 unspecified atom stereocenters. The lowest BCUT2D eigenvalue weighted by atomic mass is 10.1. The third kappa shape index (κ3) is 5.54. The highest BCUT2D eigenvalue weighted by Crippen LogP contribution is 2.28. The molecule has 1 heterocycles. The van der Waals surface area contributed by atoms with Crippen molar-refractivity contribution in [2.24, 2.45) is 5.10 Å². The van der Waals surface area contributed by atoms with Crippen molar-refractivity contribution in [3.05, 3.63) is 100 Å². The number of rotatable bonds is 8. The summed E-state index contributed by atoms with van der Waals surface area (Å²) in [7, 11) is 0. The fourth-order valence-corrected chi connectivity index (χ4v) is 3.83. The molecule has 0 aliphatic carbocycles. The average molecular weight is 473 g/mol. The van der Waals surface area contributed by atoms with Gasteiger partial charge in [0.2, 0.25) is 0 Å². The predicted octanol–water partition coefficient (Wildman–Crippen LogP) is 4.39. The van der Waals surface area contributed by atoms with Crippen molar-refractivity contribution >= 4 is 29.6 Å². The molecule has 170 valence electrons. The van der Waals surface area contributed by atoms with Crippen LogP contribution in [0.25, 0.3) is 17.1 Å². The molecule has 9 nitrogen and oxygen atoms in total. The molecular weight excluding hydrogens is 452 g/mol. The van der Waals surface area contributed by atoms with Gasteiger partial charge in [-0.1, -0.05) is 59.8 Å². The van der Waals surface area contributed by atoms with Crippen LogP contribution in [-0.4, -0.2) is 37.6 Å². The molecule has 0 saturated carbocycles. The number of aromatic nitrogens is 3. The molecule has 0 spiro atoms. The van der Waals surface area contributed by atoms with Crippen LogP contribution in [0.15, 0.2) is 89.1 Å². The van der Waals surface area contributed by atoms with Crippen molar-refractivity contribution < 1.29 is 9.72 Å². The van der Waals surface area contributed by atoms with Gasteiger partial charge in [0.05, 0.1) is 16.9 Å². The van der Waals surface area contributed by atoms with Crippen molar-refractivity contribution in [1.82, 2.24) is 20.2 Å². The molecule has 4 rings (SSSR count). The minimum Gasteiger partial charge on any atom is -0.272 e. The maximum atomic E-state index is 12.3. The summed E-state index contributed by atoms with van der Waals surface area (Å²) in [6.45, 7) is 2.02. The Kier molecular flexibility index (Phi) is 7.09. The first-order chi connectivity index (χ1) is 16.5. The number of amides is 1. The number of nitrogens with one attached hydrogen (secondary N) is 1.